The second kappa shape index (κ2) is 6.45. The Bertz CT molecular complexity index is 875. The highest BCUT2D eigenvalue weighted by Gasteiger charge is 2.47. The lowest BCUT2D eigenvalue weighted by Gasteiger charge is -2.40. The van der Waals surface area contributed by atoms with Crippen molar-refractivity contribution in [3.05, 3.63) is 47.1 Å². The van der Waals surface area contributed by atoms with Gasteiger partial charge < -0.3 is 19.1 Å². The lowest BCUT2D eigenvalue weighted by atomic mass is 10.00. The van der Waals surface area contributed by atoms with Crippen LogP contribution in [-0.2, 0) is 9.53 Å². The number of anilines is 1. The highest BCUT2D eigenvalue weighted by molar-refractivity contribution is 5.97. The molecule has 142 valence electrons. The van der Waals surface area contributed by atoms with E-state index in [2.05, 4.69) is 5.16 Å². The Morgan fingerprint density at radius 3 is 2.63 bits per heavy atom. The zero-order chi connectivity index (χ0) is 19.2. The van der Waals surface area contributed by atoms with Crippen LogP contribution >= 0.6 is 0 Å². The lowest BCUT2D eigenvalue weighted by Crippen LogP contribution is -2.56. The molecule has 0 aliphatic carbocycles. The van der Waals surface area contributed by atoms with Gasteiger partial charge in [-0.25, -0.2) is 4.39 Å². The number of carbonyl (C=O) groups excluding carboxylic acids is 2. The van der Waals surface area contributed by atoms with Crippen LogP contribution in [0.1, 0.15) is 28.2 Å². The maximum absolute atomic E-state index is 13.2. The summed E-state index contributed by atoms with van der Waals surface area (Å²) < 4.78 is 24.2. The summed E-state index contributed by atoms with van der Waals surface area (Å²) in [4.78, 5) is 28.5. The minimum Gasteiger partial charge on any atom is -0.361 e. The number of morpholine rings is 1. The largest absolute Gasteiger partial charge is 0.361 e. The molecule has 4 rings (SSSR count). The minimum atomic E-state index is -0.628. The molecule has 1 unspecified atom stereocenters. The SMILES string of the molecule is Cc1noc(C)c1C(=O)N1CCC2(C1)CN(c1ccc(F)cc1)C(=O)CO2. The van der Waals surface area contributed by atoms with Gasteiger partial charge in [-0.1, -0.05) is 5.16 Å². The molecule has 2 aromatic rings. The van der Waals surface area contributed by atoms with E-state index in [1.165, 1.54) is 12.1 Å². The van der Waals surface area contributed by atoms with Crippen molar-refractivity contribution < 1.29 is 23.2 Å². The highest BCUT2D eigenvalue weighted by Crippen LogP contribution is 2.33. The van der Waals surface area contributed by atoms with Gasteiger partial charge in [0.05, 0.1) is 18.8 Å². The first-order valence-electron chi connectivity index (χ1n) is 8.81. The summed E-state index contributed by atoms with van der Waals surface area (Å²) in [5.74, 6) is -0.183. The smallest absolute Gasteiger partial charge is 0.259 e. The number of carbonyl (C=O) groups is 2. The van der Waals surface area contributed by atoms with Crippen molar-refractivity contribution in [3.8, 4) is 0 Å². The van der Waals surface area contributed by atoms with Crippen LogP contribution in [0.4, 0.5) is 10.1 Å². The lowest BCUT2D eigenvalue weighted by molar-refractivity contribution is -0.137. The van der Waals surface area contributed by atoms with Crippen LogP contribution in [0.3, 0.4) is 0 Å². The Morgan fingerprint density at radius 1 is 1.22 bits per heavy atom. The van der Waals surface area contributed by atoms with Gasteiger partial charge in [-0.05, 0) is 44.5 Å². The number of aryl methyl sites for hydroxylation is 2. The number of amides is 2. The summed E-state index contributed by atoms with van der Waals surface area (Å²) in [6.07, 6.45) is 0.618. The van der Waals surface area contributed by atoms with Crippen molar-refractivity contribution in [1.82, 2.24) is 10.1 Å². The van der Waals surface area contributed by atoms with E-state index in [1.54, 1.807) is 35.8 Å². The number of hydrogen-bond acceptors (Lipinski definition) is 5. The molecule has 0 bridgehead atoms. The van der Waals surface area contributed by atoms with Gasteiger partial charge >= 0.3 is 0 Å². The number of aromatic nitrogens is 1. The van der Waals surface area contributed by atoms with E-state index in [0.717, 1.165) is 0 Å². The number of nitrogens with zero attached hydrogens (tertiary/aromatic N) is 3. The molecule has 7 nitrogen and oxygen atoms in total. The maximum Gasteiger partial charge on any atom is 0.259 e. The monoisotopic (exact) mass is 373 g/mol. The van der Waals surface area contributed by atoms with Crippen LogP contribution in [-0.4, -0.2) is 53.7 Å². The molecule has 2 amide bonds. The molecule has 0 N–H and O–H groups in total. The Kier molecular flexibility index (Phi) is 4.22. The molecule has 1 aromatic heterocycles. The number of rotatable bonds is 2. The predicted octanol–water partition coefficient (Wildman–Crippen LogP) is 2.08. The first kappa shape index (κ1) is 17.7. The molecular formula is C19H20FN3O4. The predicted molar refractivity (Wildman–Crippen MR) is 93.9 cm³/mol. The molecule has 2 saturated heterocycles. The van der Waals surface area contributed by atoms with E-state index in [0.29, 0.717) is 48.8 Å². The fourth-order valence-corrected chi connectivity index (χ4v) is 3.78. The van der Waals surface area contributed by atoms with Gasteiger partial charge in [0, 0.05) is 12.2 Å². The van der Waals surface area contributed by atoms with Gasteiger partial charge in [-0.3, -0.25) is 9.59 Å². The van der Waals surface area contributed by atoms with Gasteiger partial charge in [0.15, 0.2) is 0 Å². The van der Waals surface area contributed by atoms with Crippen molar-refractivity contribution in [1.29, 1.82) is 0 Å². The van der Waals surface area contributed by atoms with Crippen molar-refractivity contribution in [2.24, 2.45) is 0 Å². The fraction of sp³-hybridized carbons (Fsp3) is 0.421. The van der Waals surface area contributed by atoms with Crippen LogP contribution in [0.15, 0.2) is 28.8 Å². The van der Waals surface area contributed by atoms with Crippen molar-refractivity contribution >= 4 is 17.5 Å². The third-order valence-corrected chi connectivity index (χ3v) is 5.24. The van der Waals surface area contributed by atoms with E-state index in [-0.39, 0.29) is 24.2 Å². The third kappa shape index (κ3) is 3.10. The summed E-state index contributed by atoms with van der Waals surface area (Å²) in [7, 11) is 0. The topological polar surface area (TPSA) is 75.9 Å². The molecule has 27 heavy (non-hydrogen) atoms. The second-order valence-electron chi connectivity index (χ2n) is 7.10. The Balaban J connectivity index is 1.53. The van der Waals surface area contributed by atoms with E-state index >= 15 is 0 Å². The summed E-state index contributed by atoms with van der Waals surface area (Å²) in [6.45, 7) is 4.61. The molecule has 1 atom stereocenters. The zero-order valence-electron chi connectivity index (χ0n) is 15.2. The summed E-state index contributed by atoms with van der Waals surface area (Å²) in [6, 6.07) is 5.81. The molecular weight excluding hydrogens is 353 g/mol. The first-order valence-corrected chi connectivity index (χ1v) is 8.81. The van der Waals surface area contributed by atoms with Crippen molar-refractivity contribution in [3.63, 3.8) is 0 Å². The summed E-state index contributed by atoms with van der Waals surface area (Å²) >= 11 is 0. The van der Waals surface area contributed by atoms with Gasteiger partial charge in [-0.15, -0.1) is 0 Å². The summed E-state index contributed by atoms with van der Waals surface area (Å²) in [5.41, 5.74) is 1.04. The normalized spacial score (nSPS) is 22.7. The first-order chi connectivity index (χ1) is 12.9. The molecule has 3 heterocycles. The van der Waals surface area contributed by atoms with E-state index in [1.807, 2.05) is 0 Å². The van der Waals surface area contributed by atoms with E-state index in [9.17, 15) is 14.0 Å². The quantitative estimate of drug-likeness (QED) is 0.806. The van der Waals surface area contributed by atoms with Crippen LogP contribution < -0.4 is 4.90 Å². The molecule has 2 fully saturated rings. The number of hydrogen-bond donors (Lipinski definition) is 0. The van der Waals surface area contributed by atoms with Gasteiger partial charge in [0.25, 0.3) is 11.8 Å². The number of halogens is 1. The maximum atomic E-state index is 13.2. The number of benzene rings is 1. The third-order valence-electron chi connectivity index (χ3n) is 5.24. The average Bonchev–Trinajstić information content (AvgIpc) is 3.21. The van der Waals surface area contributed by atoms with Gasteiger partial charge in [0.1, 0.15) is 29.3 Å². The van der Waals surface area contributed by atoms with Crippen molar-refractivity contribution in [2.75, 3.05) is 31.1 Å². The Labute approximate surface area is 155 Å². The molecule has 0 radical (unpaired) electrons. The summed E-state index contributed by atoms with van der Waals surface area (Å²) in [5, 5.41) is 3.84. The van der Waals surface area contributed by atoms with Crippen LogP contribution in [0.2, 0.25) is 0 Å². The fourth-order valence-electron chi connectivity index (χ4n) is 3.78. The van der Waals surface area contributed by atoms with E-state index in [4.69, 9.17) is 9.26 Å². The van der Waals surface area contributed by atoms with E-state index < -0.39 is 5.60 Å². The highest BCUT2D eigenvalue weighted by atomic mass is 19.1. The molecule has 2 aliphatic heterocycles. The molecule has 8 heteroatoms. The number of likely N-dealkylation sites (tertiary alicyclic amines) is 1. The van der Waals surface area contributed by atoms with Crippen LogP contribution in [0, 0.1) is 19.7 Å². The van der Waals surface area contributed by atoms with Gasteiger partial charge in [0.2, 0.25) is 0 Å². The van der Waals surface area contributed by atoms with Crippen LogP contribution in [0.5, 0.6) is 0 Å². The minimum absolute atomic E-state index is 0.0648. The second-order valence-corrected chi connectivity index (χ2v) is 7.10. The molecule has 1 aromatic carbocycles. The van der Waals surface area contributed by atoms with Crippen LogP contribution in [0.25, 0.3) is 0 Å². The Hall–Kier alpha value is -2.74. The molecule has 0 saturated carbocycles. The zero-order valence-corrected chi connectivity index (χ0v) is 15.2. The average molecular weight is 373 g/mol. The van der Waals surface area contributed by atoms with Crippen molar-refractivity contribution in [2.45, 2.75) is 25.9 Å². The Morgan fingerprint density at radius 2 is 1.96 bits per heavy atom. The molecule has 1 spiro atoms. The molecule has 2 aliphatic rings. The number of ether oxygens (including phenoxy) is 1. The standard InChI is InChI=1S/C19H20FN3O4/c1-12-17(13(2)27-21-12)18(25)22-8-7-19(10-22)11-23(16(24)9-26-19)15-5-3-14(20)4-6-15/h3-6H,7-11H2,1-2H3. The van der Waals surface area contributed by atoms with Gasteiger partial charge in [-0.2, -0.15) is 0 Å².